The molecule has 146 valence electrons. The molecule has 2 aromatic rings. The van der Waals surface area contributed by atoms with Crippen molar-refractivity contribution in [3.05, 3.63) is 59.7 Å². The van der Waals surface area contributed by atoms with Crippen molar-refractivity contribution in [2.75, 3.05) is 6.61 Å². The quantitative estimate of drug-likeness (QED) is 0.825. The second-order valence-corrected chi connectivity index (χ2v) is 8.59. The van der Waals surface area contributed by atoms with E-state index < -0.39 is 24.0 Å². The SMILES string of the molecule is CC1(C)C[C@H](NC(=O)OCC2c3ccccc3-c3ccccc32)[C@@H](C(=O)O)C1. The van der Waals surface area contributed by atoms with Crippen LogP contribution in [0.3, 0.4) is 0 Å². The van der Waals surface area contributed by atoms with Gasteiger partial charge in [0.25, 0.3) is 0 Å². The number of rotatable bonds is 4. The number of ether oxygens (including phenoxy) is 1. The number of hydrogen-bond acceptors (Lipinski definition) is 3. The second kappa shape index (κ2) is 6.97. The number of nitrogens with one attached hydrogen (secondary N) is 1. The minimum atomic E-state index is -0.866. The molecule has 2 aromatic carbocycles. The number of carboxylic acids is 1. The molecule has 4 rings (SSSR count). The van der Waals surface area contributed by atoms with Gasteiger partial charge in [-0.05, 0) is 40.5 Å². The Morgan fingerprint density at radius 2 is 1.61 bits per heavy atom. The molecule has 2 aliphatic carbocycles. The van der Waals surface area contributed by atoms with Gasteiger partial charge in [-0.15, -0.1) is 0 Å². The zero-order valence-corrected chi connectivity index (χ0v) is 16.1. The minimum absolute atomic E-state index is 0.00607. The van der Waals surface area contributed by atoms with Crippen molar-refractivity contribution in [3.63, 3.8) is 0 Å². The summed E-state index contributed by atoms with van der Waals surface area (Å²) in [4.78, 5) is 24.0. The maximum Gasteiger partial charge on any atom is 0.407 e. The first-order valence-electron chi connectivity index (χ1n) is 9.70. The third-order valence-corrected chi connectivity index (χ3v) is 5.99. The standard InChI is InChI=1S/C23H25NO4/c1-23(2)11-18(21(25)26)20(12-23)24-22(27)28-13-19-16-9-5-3-7-14(16)15-8-4-6-10-17(15)19/h3-10,18-20H,11-13H2,1-2H3,(H,24,27)(H,25,26)/t18-,20-/m0/s1. The van der Waals surface area contributed by atoms with E-state index in [9.17, 15) is 14.7 Å². The van der Waals surface area contributed by atoms with Crippen LogP contribution in [0.15, 0.2) is 48.5 Å². The number of carbonyl (C=O) groups excluding carboxylic acids is 1. The summed E-state index contributed by atoms with van der Waals surface area (Å²) in [6.45, 7) is 4.29. The van der Waals surface area contributed by atoms with E-state index in [1.54, 1.807) is 0 Å². The number of benzene rings is 2. The Labute approximate surface area is 164 Å². The molecule has 0 heterocycles. The fourth-order valence-electron chi connectivity index (χ4n) is 4.76. The summed E-state index contributed by atoms with van der Waals surface area (Å²) in [6.07, 6.45) is 0.640. The highest BCUT2D eigenvalue weighted by atomic mass is 16.5. The molecule has 0 unspecified atom stereocenters. The van der Waals surface area contributed by atoms with Gasteiger partial charge in [0.2, 0.25) is 0 Å². The fourth-order valence-corrected chi connectivity index (χ4v) is 4.76. The summed E-state index contributed by atoms with van der Waals surface area (Å²) in [5.74, 6) is -1.45. The third kappa shape index (κ3) is 3.37. The van der Waals surface area contributed by atoms with E-state index >= 15 is 0 Å². The Kier molecular flexibility index (Phi) is 4.61. The van der Waals surface area contributed by atoms with E-state index in [4.69, 9.17) is 4.74 Å². The number of aliphatic carboxylic acids is 1. The molecule has 1 amide bonds. The predicted molar refractivity (Wildman–Crippen MR) is 106 cm³/mol. The molecule has 1 saturated carbocycles. The average Bonchev–Trinajstić information content (AvgIpc) is 3.14. The van der Waals surface area contributed by atoms with Crippen LogP contribution >= 0.6 is 0 Å². The fraction of sp³-hybridized carbons (Fsp3) is 0.391. The van der Waals surface area contributed by atoms with Gasteiger partial charge in [-0.25, -0.2) is 4.79 Å². The second-order valence-electron chi connectivity index (χ2n) is 8.59. The summed E-state index contributed by atoms with van der Waals surface area (Å²) >= 11 is 0. The smallest absolute Gasteiger partial charge is 0.407 e. The van der Waals surface area contributed by atoms with Crippen LogP contribution in [0.5, 0.6) is 0 Å². The highest BCUT2D eigenvalue weighted by Gasteiger charge is 2.44. The highest BCUT2D eigenvalue weighted by Crippen LogP contribution is 2.45. The van der Waals surface area contributed by atoms with Crippen LogP contribution in [0, 0.1) is 11.3 Å². The topological polar surface area (TPSA) is 75.6 Å². The summed E-state index contributed by atoms with van der Waals surface area (Å²) in [5, 5.41) is 12.3. The van der Waals surface area contributed by atoms with E-state index in [1.165, 1.54) is 11.1 Å². The van der Waals surface area contributed by atoms with Crippen molar-refractivity contribution in [1.29, 1.82) is 0 Å². The summed E-state index contributed by atoms with van der Waals surface area (Å²) < 4.78 is 5.55. The van der Waals surface area contributed by atoms with Gasteiger partial charge in [-0.2, -0.15) is 0 Å². The monoisotopic (exact) mass is 379 g/mol. The molecule has 0 spiro atoms. The van der Waals surface area contributed by atoms with Crippen molar-refractivity contribution in [3.8, 4) is 11.1 Å². The molecule has 0 aromatic heterocycles. The Balaban J connectivity index is 1.45. The summed E-state index contributed by atoms with van der Waals surface area (Å²) in [6, 6.07) is 15.9. The van der Waals surface area contributed by atoms with Gasteiger partial charge in [-0.1, -0.05) is 62.4 Å². The highest BCUT2D eigenvalue weighted by molar-refractivity contribution is 5.79. The van der Waals surface area contributed by atoms with Gasteiger partial charge >= 0.3 is 12.1 Å². The summed E-state index contributed by atoms with van der Waals surface area (Å²) in [5.41, 5.74) is 4.56. The van der Waals surface area contributed by atoms with Gasteiger partial charge in [0.05, 0.1) is 5.92 Å². The number of hydrogen-bond donors (Lipinski definition) is 2. The van der Waals surface area contributed by atoms with Crippen molar-refractivity contribution in [1.82, 2.24) is 5.32 Å². The van der Waals surface area contributed by atoms with Crippen LogP contribution in [-0.2, 0) is 9.53 Å². The number of fused-ring (bicyclic) bond motifs is 3. The molecular weight excluding hydrogens is 354 g/mol. The predicted octanol–water partition coefficient (Wildman–Crippen LogP) is 4.41. The van der Waals surface area contributed by atoms with Gasteiger partial charge in [0, 0.05) is 12.0 Å². The van der Waals surface area contributed by atoms with Crippen molar-refractivity contribution < 1.29 is 19.4 Å². The van der Waals surface area contributed by atoms with Gasteiger partial charge < -0.3 is 15.2 Å². The Morgan fingerprint density at radius 1 is 1.04 bits per heavy atom. The van der Waals surface area contributed by atoms with Crippen molar-refractivity contribution in [2.45, 2.75) is 38.6 Å². The molecule has 2 N–H and O–H groups in total. The first-order valence-corrected chi connectivity index (χ1v) is 9.70. The molecule has 0 saturated heterocycles. The molecular formula is C23H25NO4. The molecule has 28 heavy (non-hydrogen) atoms. The van der Waals surface area contributed by atoms with E-state index in [-0.39, 0.29) is 17.9 Å². The van der Waals surface area contributed by atoms with Crippen LogP contribution in [0.4, 0.5) is 4.79 Å². The van der Waals surface area contributed by atoms with Crippen molar-refractivity contribution in [2.24, 2.45) is 11.3 Å². The molecule has 0 aliphatic heterocycles. The first kappa shape index (κ1) is 18.5. The lowest BCUT2D eigenvalue weighted by Gasteiger charge is -2.20. The summed E-state index contributed by atoms with van der Waals surface area (Å²) in [7, 11) is 0. The number of carboxylic acid groups (broad SMARTS) is 1. The van der Waals surface area contributed by atoms with Crippen LogP contribution < -0.4 is 5.32 Å². The lowest BCUT2D eigenvalue weighted by Crippen LogP contribution is -2.41. The van der Waals surface area contributed by atoms with Gasteiger partial charge in [0.15, 0.2) is 0 Å². The number of alkyl carbamates (subject to hydrolysis) is 1. The normalized spacial score (nSPS) is 22.4. The minimum Gasteiger partial charge on any atom is -0.481 e. The number of carbonyl (C=O) groups is 2. The Morgan fingerprint density at radius 3 is 2.18 bits per heavy atom. The Hall–Kier alpha value is -2.82. The van der Waals surface area contributed by atoms with E-state index in [1.807, 2.05) is 38.1 Å². The largest absolute Gasteiger partial charge is 0.481 e. The van der Waals surface area contributed by atoms with Crippen molar-refractivity contribution >= 4 is 12.1 Å². The molecule has 0 bridgehead atoms. The van der Waals surface area contributed by atoms with E-state index in [2.05, 4.69) is 29.6 Å². The zero-order chi connectivity index (χ0) is 19.9. The van der Waals surface area contributed by atoms with Crippen LogP contribution in [-0.4, -0.2) is 29.8 Å². The van der Waals surface area contributed by atoms with E-state index in [0.29, 0.717) is 12.8 Å². The molecule has 2 atom stereocenters. The van der Waals surface area contributed by atoms with Gasteiger partial charge in [0.1, 0.15) is 6.61 Å². The molecule has 0 radical (unpaired) electrons. The maximum absolute atomic E-state index is 12.4. The van der Waals surface area contributed by atoms with Crippen LogP contribution in [0.25, 0.3) is 11.1 Å². The lowest BCUT2D eigenvalue weighted by molar-refractivity contribution is -0.142. The van der Waals surface area contributed by atoms with Gasteiger partial charge in [-0.3, -0.25) is 4.79 Å². The van der Waals surface area contributed by atoms with Crippen LogP contribution in [0.1, 0.15) is 43.7 Å². The Bertz CT molecular complexity index is 875. The number of amides is 1. The maximum atomic E-state index is 12.4. The van der Waals surface area contributed by atoms with E-state index in [0.717, 1.165) is 11.1 Å². The first-order chi connectivity index (χ1) is 13.4. The van der Waals surface area contributed by atoms with Crippen LogP contribution in [0.2, 0.25) is 0 Å². The molecule has 5 heteroatoms. The average molecular weight is 379 g/mol. The lowest BCUT2D eigenvalue weighted by atomic mass is 9.90. The molecule has 5 nitrogen and oxygen atoms in total. The third-order valence-electron chi connectivity index (χ3n) is 5.99. The molecule has 2 aliphatic rings. The zero-order valence-electron chi connectivity index (χ0n) is 16.1. The molecule has 1 fully saturated rings.